The molecule has 1 atom stereocenters. The van der Waals surface area contributed by atoms with Crippen LogP contribution in [0.3, 0.4) is 0 Å². The molecule has 0 aliphatic rings. The van der Waals surface area contributed by atoms with Gasteiger partial charge in [0.25, 0.3) is 0 Å². The van der Waals surface area contributed by atoms with E-state index in [2.05, 4.69) is 10.3 Å². The van der Waals surface area contributed by atoms with Crippen molar-refractivity contribution in [2.75, 3.05) is 23.8 Å². The second-order valence-corrected chi connectivity index (χ2v) is 4.85. The SMILES string of the molecule is CCCNc1cc(C(F)(F)F)cc(N(C)C(C)CC#N)n1. The molecule has 0 aromatic carbocycles. The molecule has 1 unspecified atom stereocenters. The molecule has 0 aliphatic carbocycles. The topological polar surface area (TPSA) is 52.0 Å². The maximum absolute atomic E-state index is 13.0. The van der Waals surface area contributed by atoms with E-state index in [9.17, 15) is 13.2 Å². The Morgan fingerprint density at radius 1 is 1.43 bits per heavy atom. The zero-order chi connectivity index (χ0) is 16.0. The molecule has 1 N–H and O–H groups in total. The summed E-state index contributed by atoms with van der Waals surface area (Å²) in [5, 5.41) is 11.6. The maximum atomic E-state index is 13.0. The third-order valence-corrected chi connectivity index (χ3v) is 3.10. The summed E-state index contributed by atoms with van der Waals surface area (Å²) in [4.78, 5) is 5.77. The highest BCUT2D eigenvalue weighted by atomic mass is 19.4. The van der Waals surface area contributed by atoms with E-state index < -0.39 is 11.7 Å². The maximum Gasteiger partial charge on any atom is 0.416 e. The first-order chi connectivity index (χ1) is 9.79. The third-order valence-electron chi connectivity index (χ3n) is 3.10. The van der Waals surface area contributed by atoms with Crippen LogP contribution in [0.15, 0.2) is 12.1 Å². The molecule has 0 fully saturated rings. The lowest BCUT2D eigenvalue weighted by molar-refractivity contribution is -0.137. The van der Waals surface area contributed by atoms with Crippen LogP contribution in [-0.4, -0.2) is 24.6 Å². The highest BCUT2D eigenvalue weighted by molar-refractivity contribution is 5.51. The molecule has 0 radical (unpaired) electrons. The van der Waals surface area contributed by atoms with Gasteiger partial charge >= 0.3 is 6.18 Å². The second kappa shape index (κ2) is 7.16. The molecule has 0 saturated carbocycles. The Kier molecular flexibility index (Phi) is 5.82. The summed E-state index contributed by atoms with van der Waals surface area (Å²) in [5.41, 5.74) is -0.748. The van der Waals surface area contributed by atoms with Crippen LogP contribution in [0.5, 0.6) is 0 Å². The van der Waals surface area contributed by atoms with Crippen molar-refractivity contribution in [3.05, 3.63) is 17.7 Å². The van der Waals surface area contributed by atoms with Crippen LogP contribution in [0.1, 0.15) is 32.3 Å². The highest BCUT2D eigenvalue weighted by Gasteiger charge is 2.32. The molecule has 0 saturated heterocycles. The Labute approximate surface area is 122 Å². The molecule has 7 heteroatoms. The van der Waals surface area contributed by atoms with Crippen LogP contribution < -0.4 is 10.2 Å². The first-order valence-corrected chi connectivity index (χ1v) is 6.72. The van der Waals surface area contributed by atoms with Gasteiger partial charge < -0.3 is 10.2 Å². The van der Waals surface area contributed by atoms with Crippen LogP contribution in [0, 0.1) is 11.3 Å². The summed E-state index contributed by atoms with van der Waals surface area (Å²) in [6.07, 6.45) is -3.43. The van der Waals surface area contributed by atoms with E-state index in [1.807, 2.05) is 13.0 Å². The summed E-state index contributed by atoms with van der Waals surface area (Å²) in [7, 11) is 1.63. The first-order valence-electron chi connectivity index (χ1n) is 6.72. The van der Waals surface area contributed by atoms with Gasteiger partial charge in [0.05, 0.1) is 18.1 Å². The predicted molar refractivity (Wildman–Crippen MR) is 76.1 cm³/mol. The van der Waals surface area contributed by atoms with Crippen molar-refractivity contribution in [3.63, 3.8) is 0 Å². The Bertz CT molecular complexity index is 508. The van der Waals surface area contributed by atoms with E-state index in [1.165, 1.54) is 0 Å². The Morgan fingerprint density at radius 2 is 2.10 bits per heavy atom. The van der Waals surface area contributed by atoms with E-state index in [0.29, 0.717) is 6.54 Å². The number of hydrogen-bond donors (Lipinski definition) is 1. The molecule has 1 heterocycles. The zero-order valence-electron chi connectivity index (χ0n) is 12.3. The molecular weight excluding hydrogens is 281 g/mol. The highest BCUT2D eigenvalue weighted by Crippen LogP contribution is 2.33. The van der Waals surface area contributed by atoms with E-state index in [1.54, 1.807) is 18.9 Å². The van der Waals surface area contributed by atoms with Gasteiger partial charge in [-0.1, -0.05) is 6.92 Å². The van der Waals surface area contributed by atoms with Crippen molar-refractivity contribution in [1.82, 2.24) is 4.98 Å². The average Bonchev–Trinajstić information content (AvgIpc) is 2.43. The normalized spacial score (nSPS) is 12.6. The molecule has 1 rings (SSSR count). The lowest BCUT2D eigenvalue weighted by Crippen LogP contribution is -2.29. The van der Waals surface area contributed by atoms with Crippen LogP contribution >= 0.6 is 0 Å². The molecule has 0 bridgehead atoms. The van der Waals surface area contributed by atoms with Crippen molar-refractivity contribution >= 4 is 11.6 Å². The number of anilines is 2. The minimum Gasteiger partial charge on any atom is -0.370 e. The van der Waals surface area contributed by atoms with E-state index in [0.717, 1.165) is 18.6 Å². The van der Waals surface area contributed by atoms with E-state index >= 15 is 0 Å². The fraction of sp³-hybridized carbons (Fsp3) is 0.571. The molecule has 21 heavy (non-hydrogen) atoms. The van der Waals surface area contributed by atoms with Crippen molar-refractivity contribution in [2.24, 2.45) is 0 Å². The Morgan fingerprint density at radius 3 is 2.62 bits per heavy atom. The van der Waals surface area contributed by atoms with Crippen molar-refractivity contribution in [1.29, 1.82) is 5.26 Å². The van der Waals surface area contributed by atoms with E-state index in [-0.39, 0.29) is 24.1 Å². The van der Waals surface area contributed by atoms with Gasteiger partial charge in [-0.3, -0.25) is 0 Å². The number of nitrogens with one attached hydrogen (secondary N) is 1. The number of halogens is 3. The van der Waals surface area contributed by atoms with Gasteiger partial charge in [0.15, 0.2) is 0 Å². The summed E-state index contributed by atoms with van der Waals surface area (Å²) in [6, 6.07) is 3.79. The van der Waals surface area contributed by atoms with Gasteiger partial charge in [-0.25, -0.2) is 4.98 Å². The number of nitrogens with zero attached hydrogens (tertiary/aromatic N) is 3. The minimum absolute atomic E-state index is 0.192. The van der Waals surface area contributed by atoms with Crippen molar-refractivity contribution < 1.29 is 13.2 Å². The van der Waals surface area contributed by atoms with Crippen LogP contribution in [0.4, 0.5) is 24.8 Å². The minimum atomic E-state index is -4.43. The molecular formula is C14H19F3N4. The fourth-order valence-electron chi connectivity index (χ4n) is 1.70. The number of nitriles is 1. The molecule has 0 aliphatic heterocycles. The smallest absolute Gasteiger partial charge is 0.370 e. The quantitative estimate of drug-likeness (QED) is 0.871. The van der Waals surface area contributed by atoms with Crippen LogP contribution in [0.25, 0.3) is 0 Å². The molecule has 0 amide bonds. The molecule has 0 spiro atoms. The Balaban J connectivity index is 3.15. The number of hydrogen-bond acceptors (Lipinski definition) is 4. The predicted octanol–water partition coefficient (Wildman–Crippen LogP) is 3.66. The van der Waals surface area contributed by atoms with Gasteiger partial charge in [0.1, 0.15) is 11.6 Å². The van der Waals surface area contributed by atoms with Crippen LogP contribution in [-0.2, 0) is 6.18 Å². The summed E-state index contributed by atoms with van der Waals surface area (Å²) < 4.78 is 38.9. The van der Waals surface area contributed by atoms with Gasteiger partial charge in [-0.2, -0.15) is 18.4 Å². The van der Waals surface area contributed by atoms with Crippen molar-refractivity contribution in [2.45, 2.75) is 38.9 Å². The van der Waals surface area contributed by atoms with Crippen LogP contribution in [0.2, 0.25) is 0 Å². The summed E-state index contributed by atoms with van der Waals surface area (Å²) >= 11 is 0. The lowest BCUT2D eigenvalue weighted by atomic mass is 10.2. The summed E-state index contributed by atoms with van der Waals surface area (Å²) in [5.74, 6) is 0.392. The fourth-order valence-corrected chi connectivity index (χ4v) is 1.70. The molecule has 1 aromatic heterocycles. The number of aromatic nitrogens is 1. The standard InChI is InChI=1S/C14H19F3N4/c1-4-7-19-12-8-11(14(15,16)17)9-13(20-12)21(3)10(2)5-6-18/h8-10H,4-5,7H2,1-3H3,(H,19,20). The van der Waals surface area contributed by atoms with Gasteiger partial charge in [-0.15, -0.1) is 0 Å². The molecule has 1 aromatic rings. The number of alkyl halides is 3. The molecule has 4 nitrogen and oxygen atoms in total. The second-order valence-electron chi connectivity index (χ2n) is 4.85. The average molecular weight is 300 g/mol. The van der Waals surface area contributed by atoms with E-state index in [4.69, 9.17) is 5.26 Å². The first kappa shape index (κ1) is 17.1. The Hall–Kier alpha value is -1.97. The van der Waals surface area contributed by atoms with Gasteiger partial charge in [0.2, 0.25) is 0 Å². The zero-order valence-corrected chi connectivity index (χ0v) is 12.3. The van der Waals surface area contributed by atoms with Gasteiger partial charge in [-0.05, 0) is 25.5 Å². The summed E-state index contributed by atoms with van der Waals surface area (Å²) in [6.45, 7) is 4.23. The lowest BCUT2D eigenvalue weighted by Gasteiger charge is -2.25. The third kappa shape index (κ3) is 4.81. The van der Waals surface area contributed by atoms with Crippen molar-refractivity contribution in [3.8, 4) is 6.07 Å². The largest absolute Gasteiger partial charge is 0.416 e. The number of pyridine rings is 1. The van der Waals surface area contributed by atoms with Gasteiger partial charge in [0, 0.05) is 19.6 Å². The monoisotopic (exact) mass is 300 g/mol. The number of rotatable bonds is 6. The molecule has 116 valence electrons.